The number of amides is 1. The van der Waals surface area contributed by atoms with Crippen molar-refractivity contribution in [1.29, 1.82) is 0 Å². The summed E-state index contributed by atoms with van der Waals surface area (Å²) in [6.07, 6.45) is 4.17. The molecule has 0 spiro atoms. The highest BCUT2D eigenvalue weighted by Crippen LogP contribution is 2.29. The lowest BCUT2D eigenvalue weighted by Gasteiger charge is -2.30. The number of benzene rings is 2. The average molecular weight is 474 g/mol. The van der Waals surface area contributed by atoms with Crippen LogP contribution in [0.3, 0.4) is 0 Å². The Labute approximate surface area is 203 Å². The number of piperidine rings is 1. The zero-order valence-corrected chi connectivity index (χ0v) is 19.8. The van der Waals surface area contributed by atoms with Crippen LogP contribution in [0, 0.1) is 0 Å². The number of rotatable bonds is 7. The molecular formula is C27H27N3O5. The molecule has 0 saturated carbocycles. The number of ether oxygens (including phenoxy) is 2. The summed E-state index contributed by atoms with van der Waals surface area (Å²) in [7, 11) is 3.26. The van der Waals surface area contributed by atoms with Gasteiger partial charge in [0.25, 0.3) is 5.91 Å². The van der Waals surface area contributed by atoms with E-state index in [0.29, 0.717) is 36.8 Å². The van der Waals surface area contributed by atoms with Gasteiger partial charge in [0.15, 0.2) is 5.89 Å². The monoisotopic (exact) mass is 473 g/mol. The smallest absolute Gasteiger partial charge is 0.292 e. The molecule has 3 heterocycles. The maximum atomic E-state index is 13.2. The lowest BCUT2D eigenvalue weighted by atomic mass is 9.97. The van der Waals surface area contributed by atoms with Crippen LogP contribution in [0.2, 0.25) is 0 Å². The van der Waals surface area contributed by atoms with E-state index in [1.165, 1.54) is 0 Å². The van der Waals surface area contributed by atoms with Gasteiger partial charge in [0, 0.05) is 31.1 Å². The van der Waals surface area contributed by atoms with E-state index in [1.54, 1.807) is 31.4 Å². The maximum absolute atomic E-state index is 13.2. The van der Waals surface area contributed by atoms with E-state index in [1.807, 2.05) is 48.5 Å². The third kappa shape index (κ3) is 5.06. The maximum Gasteiger partial charge on any atom is 0.292 e. The van der Waals surface area contributed by atoms with Gasteiger partial charge in [0.1, 0.15) is 23.0 Å². The molecular weight excluding hydrogens is 446 g/mol. The Bertz CT molecular complexity index is 1310. The highest BCUT2D eigenvalue weighted by Gasteiger charge is 2.30. The number of aromatic nitrogens is 2. The number of likely N-dealkylation sites (tertiary alicyclic amines) is 1. The summed E-state index contributed by atoms with van der Waals surface area (Å²) in [4.78, 5) is 19.5. The van der Waals surface area contributed by atoms with E-state index in [9.17, 15) is 4.79 Å². The third-order valence-electron chi connectivity index (χ3n) is 6.23. The van der Waals surface area contributed by atoms with Crippen LogP contribution in [0.1, 0.15) is 46.5 Å². The van der Waals surface area contributed by atoms with Crippen LogP contribution >= 0.6 is 0 Å². The molecule has 1 amide bonds. The number of hydrogen-bond acceptors (Lipinski definition) is 7. The first-order chi connectivity index (χ1) is 17.1. The second-order valence-corrected chi connectivity index (χ2v) is 8.59. The Balaban J connectivity index is 1.25. The van der Waals surface area contributed by atoms with E-state index in [4.69, 9.17) is 18.4 Å². The standard InChI is InChI=1S/C27H27N3O5/c1-32-21-9-3-6-18(12-21)13-23-16-28-26(34-23)20-8-5-11-30(17-20)27(31)25-15-24(29-35-25)19-7-4-10-22(14-19)33-2/h3-4,6-7,9-10,12,14-16,20H,5,8,11,13,17H2,1-2H3/t20-/m1/s1. The van der Waals surface area contributed by atoms with Crippen LogP contribution in [-0.2, 0) is 6.42 Å². The van der Waals surface area contributed by atoms with Crippen LogP contribution < -0.4 is 9.47 Å². The summed E-state index contributed by atoms with van der Waals surface area (Å²) in [5.74, 6) is 3.05. The molecule has 0 aliphatic carbocycles. The lowest BCUT2D eigenvalue weighted by molar-refractivity contribution is 0.0656. The molecule has 180 valence electrons. The molecule has 5 rings (SSSR count). The van der Waals surface area contributed by atoms with Crippen molar-refractivity contribution in [2.45, 2.75) is 25.2 Å². The predicted molar refractivity (Wildman–Crippen MR) is 129 cm³/mol. The Hall–Kier alpha value is -4.07. The van der Waals surface area contributed by atoms with Gasteiger partial charge in [-0.15, -0.1) is 0 Å². The van der Waals surface area contributed by atoms with E-state index in [0.717, 1.165) is 35.5 Å². The molecule has 1 saturated heterocycles. The summed E-state index contributed by atoms with van der Waals surface area (Å²) in [6.45, 7) is 1.18. The first-order valence-corrected chi connectivity index (χ1v) is 11.6. The van der Waals surface area contributed by atoms with Gasteiger partial charge in [0.2, 0.25) is 5.76 Å². The minimum atomic E-state index is -0.181. The van der Waals surface area contributed by atoms with Crippen molar-refractivity contribution in [3.63, 3.8) is 0 Å². The Morgan fingerprint density at radius 3 is 2.71 bits per heavy atom. The van der Waals surface area contributed by atoms with Crippen molar-refractivity contribution in [2.75, 3.05) is 27.3 Å². The van der Waals surface area contributed by atoms with E-state index < -0.39 is 0 Å². The largest absolute Gasteiger partial charge is 0.497 e. The molecule has 0 radical (unpaired) electrons. The quantitative estimate of drug-likeness (QED) is 0.375. The number of carbonyl (C=O) groups excluding carboxylic acids is 1. The normalized spacial score (nSPS) is 15.7. The van der Waals surface area contributed by atoms with Crippen LogP contribution in [0.5, 0.6) is 11.5 Å². The zero-order chi connectivity index (χ0) is 24.2. The number of oxazole rings is 1. The van der Waals surface area contributed by atoms with Crippen molar-refractivity contribution >= 4 is 5.91 Å². The second kappa shape index (κ2) is 10.0. The number of methoxy groups -OCH3 is 2. The first kappa shape index (κ1) is 22.7. The van der Waals surface area contributed by atoms with Crippen molar-refractivity contribution < 1.29 is 23.2 Å². The number of carbonyl (C=O) groups is 1. The van der Waals surface area contributed by atoms with Crippen molar-refractivity contribution in [3.8, 4) is 22.8 Å². The molecule has 1 fully saturated rings. The van der Waals surface area contributed by atoms with Crippen molar-refractivity contribution in [3.05, 3.63) is 83.8 Å². The molecule has 8 heteroatoms. The average Bonchev–Trinajstić information content (AvgIpc) is 3.59. The molecule has 35 heavy (non-hydrogen) atoms. The molecule has 1 aliphatic heterocycles. The van der Waals surface area contributed by atoms with Gasteiger partial charge in [0.05, 0.1) is 26.3 Å². The third-order valence-corrected chi connectivity index (χ3v) is 6.23. The lowest BCUT2D eigenvalue weighted by Crippen LogP contribution is -2.39. The predicted octanol–water partition coefficient (Wildman–Crippen LogP) is 4.96. The van der Waals surface area contributed by atoms with E-state index in [-0.39, 0.29) is 17.6 Å². The molecule has 0 unspecified atom stereocenters. The Morgan fingerprint density at radius 1 is 1.09 bits per heavy atom. The summed E-state index contributed by atoms with van der Waals surface area (Å²) in [6, 6.07) is 17.1. The van der Waals surface area contributed by atoms with Crippen molar-refractivity contribution in [1.82, 2.24) is 15.0 Å². The summed E-state index contributed by atoms with van der Waals surface area (Å²) in [5, 5.41) is 4.09. The summed E-state index contributed by atoms with van der Waals surface area (Å²) < 4.78 is 22.1. The van der Waals surface area contributed by atoms with Crippen molar-refractivity contribution in [2.24, 2.45) is 0 Å². The van der Waals surface area contributed by atoms with Crippen LogP contribution in [-0.4, -0.2) is 48.3 Å². The molecule has 0 bridgehead atoms. The van der Waals surface area contributed by atoms with Crippen LogP contribution in [0.4, 0.5) is 0 Å². The Kier molecular flexibility index (Phi) is 6.52. The summed E-state index contributed by atoms with van der Waals surface area (Å²) >= 11 is 0. The van der Waals surface area contributed by atoms with Gasteiger partial charge in [-0.3, -0.25) is 4.79 Å². The van der Waals surface area contributed by atoms with Gasteiger partial charge < -0.3 is 23.3 Å². The molecule has 2 aromatic carbocycles. The van der Waals surface area contributed by atoms with Gasteiger partial charge in [-0.05, 0) is 42.7 Å². The SMILES string of the molecule is COc1cccc(Cc2cnc([C@@H]3CCCN(C(=O)c4cc(-c5cccc(OC)c5)no4)C3)o2)c1. The molecule has 0 N–H and O–H groups in total. The first-order valence-electron chi connectivity index (χ1n) is 11.6. The van der Waals surface area contributed by atoms with E-state index in [2.05, 4.69) is 10.1 Å². The van der Waals surface area contributed by atoms with Gasteiger partial charge in [-0.2, -0.15) is 0 Å². The Morgan fingerprint density at radius 2 is 1.89 bits per heavy atom. The van der Waals surface area contributed by atoms with Crippen LogP contribution in [0.15, 0.2) is 69.7 Å². The summed E-state index contributed by atoms with van der Waals surface area (Å²) in [5.41, 5.74) is 2.51. The topological polar surface area (TPSA) is 90.8 Å². The van der Waals surface area contributed by atoms with Crippen LogP contribution in [0.25, 0.3) is 11.3 Å². The number of nitrogens with zero attached hydrogens (tertiary/aromatic N) is 3. The molecule has 8 nitrogen and oxygen atoms in total. The van der Waals surface area contributed by atoms with Gasteiger partial charge >= 0.3 is 0 Å². The molecule has 1 atom stereocenters. The second-order valence-electron chi connectivity index (χ2n) is 8.59. The fraction of sp³-hybridized carbons (Fsp3) is 0.296. The van der Waals surface area contributed by atoms with E-state index >= 15 is 0 Å². The van der Waals surface area contributed by atoms with Gasteiger partial charge in [-0.25, -0.2) is 4.98 Å². The highest BCUT2D eigenvalue weighted by atomic mass is 16.5. The minimum absolute atomic E-state index is 0.0348. The fourth-order valence-corrected chi connectivity index (χ4v) is 4.39. The molecule has 2 aromatic heterocycles. The molecule has 1 aliphatic rings. The number of hydrogen-bond donors (Lipinski definition) is 0. The van der Waals surface area contributed by atoms with Gasteiger partial charge in [-0.1, -0.05) is 29.4 Å². The minimum Gasteiger partial charge on any atom is -0.497 e. The molecule has 4 aromatic rings. The highest BCUT2D eigenvalue weighted by molar-refractivity contribution is 5.92. The zero-order valence-electron chi connectivity index (χ0n) is 19.8. The fourth-order valence-electron chi connectivity index (χ4n) is 4.39.